The predicted molar refractivity (Wildman–Crippen MR) is 75.3 cm³/mol. The van der Waals surface area contributed by atoms with E-state index in [2.05, 4.69) is 9.97 Å². The van der Waals surface area contributed by atoms with Gasteiger partial charge in [0.25, 0.3) is 5.56 Å². The van der Waals surface area contributed by atoms with Crippen LogP contribution in [0.25, 0.3) is 21.6 Å². The molecule has 3 aromatic rings. The number of rotatable bonds is 1. The number of aromatic amines is 1. The number of aromatic nitrogens is 2. The van der Waals surface area contributed by atoms with Gasteiger partial charge in [-0.2, -0.15) is 0 Å². The minimum absolute atomic E-state index is 0.0166. The first-order chi connectivity index (χ1) is 9.47. The maximum absolute atomic E-state index is 13.9. The lowest BCUT2D eigenvalue weighted by Crippen LogP contribution is -2.08. The lowest BCUT2D eigenvalue weighted by atomic mass is 10.2. The summed E-state index contributed by atoms with van der Waals surface area (Å²) in [4.78, 5) is 18.6. The molecule has 0 saturated heterocycles. The van der Waals surface area contributed by atoms with Crippen molar-refractivity contribution in [3.8, 4) is 11.4 Å². The average Bonchev–Trinajstić information content (AvgIpc) is 2.76. The zero-order valence-electron chi connectivity index (χ0n) is 10.1. The molecule has 0 unspecified atom stereocenters. The highest BCUT2D eigenvalue weighted by atomic mass is 35.5. The van der Waals surface area contributed by atoms with Gasteiger partial charge in [-0.3, -0.25) is 4.79 Å². The highest BCUT2D eigenvalue weighted by Gasteiger charge is 2.15. The normalized spacial score (nSPS) is 11.2. The molecule has 0 atom stereocenters. The third-order valence-corrected chi connectivity index (χ3v) is 4.24. The third kappa shape index (κ3) is 2.01. The van der Waals surface area contributed by atoms with E-state index >= 15 is 0 Å². The van der Waals surface area contributed by atoms with Gasteiger partial charge in [-0.25, -0.2) is 13.8 Å². The molecule has 2 heterocycles. The second kappa shape index (κ2) is 4.64. The third-order valence-electron chi connectivity index (χ3n) is 2.87. The van der Waals surface area contributed by atoms with E-state index < -0.39 is 11.6 Å². The second-order valence-corrected chi connectivity index (χ2v) is 5.54. The number of nitrogens with one attached hydrogen (secondary N) is 1. The number of thiophene rings is 1. The summed E-state index contributed by atoms with van der Waals surface area (Å²) in [5, 5.41) is 1.47. The molecule has 0 aliphatic heterocycles. The van der Waals surface area contributed by atoms with E-state index in [1.807, 2.05) is 0 Å². The van der Waals surface area contributed by atoms with Crippen molar-refractivity contribution in [2.75, 3.05) is 0 Å². The summed E-state index contributed by atoms with van der Waals surface area (Å²) in [6.07, 6.45) is 0. The molecule has 7 heteroatoms. The molecule has 20 heavy (non-hydrogen) atoms. The van der Waals surface area contributed by atoms with Crippen molar-refractivity contribution in [3.05, 3.63) is 50.1 Å². The number of aryl methyl sites for hydroxylation is 1. The van der Waals surface area contributed by atoms with Crippen LogP contribution in [-0.2, 0) is 0 Å². The summed E-state index contributed by atoms with van der Waals surface area (Å²) in [7, 11) is 0. The minimum atomic E-state index is -0.771. The fourth-order valence-corrected chi connectivity index (χ4v) is 2.91. The fourth-order valence-electron chi connectivity index (χ4n) is 1.87. The van der Waals surface area contributed by atoms with Crippen LogP contribution in [0.1, 0.15) is 5.56 Å². The Balaban J connectivity index is 2.32. The zero-order valence-corrected chi connectivity index (χ0v) is 11.7. The van der Waals surface area contributed by atoms with E-state index in [9.17, 15) is 13.6 Å². The minimum Gasteiger partial charge on any atom is -0.305 e. The summed E-state index contributed by atoms with van der Waals surface area (Å²) in [5.74, 6) is -1.53. The van der Waals surface area contributed by atoms with Crippen molar-refractivity contribution in [2.45, 2.75) is 6.92 Å². The molecule has 0 radical (unpaired) electrons. The number of fused-ring (bicyclic) bond motifs is 1. The van der Waals surface area contributed by atoms with E-state index in [1.54, 1.807) is 12.3 Å². The Labute approximate surface area is 120 Å². The lowest BCUT2D eigenvalue weighted by Gasteiger charge is -2.04. The molecule has 0 aliphatic carbocycles. The largest absolute Gasteiger partial charge is 0.305 e. The number of nitrogens with zero attached hydrogens (tertiary/aromatic N) is 1. The number of halogens is 3. The van der Waals surface area contributed by atoms with Crippen LogP contribution < -0.4 is 5.56 Å². The Morgan fingerprint density at radius 2 is 2.05 bits per heavy atom. The van der Waals surface area contributed by atoms with Gasteiger partial charge in [0.2, 0.25) is 0 Å². The van der Waals surface area contributed by atoms with Crippen molar-refractivity contribution in [3.63, 3.8) is 0 Å². The molecule has 0 saturated carbocycles. The molecule has 2 aromatic heterocycles. The van der Waals surface area contributed by atoms with Gasteiger partial charge in [-0.15, -0.1) is 11.3 Å². The van der Waals surface area contributed by atoms with Gasteiger partial charge in [0.15, 0.2) is 0 Å². The molecule has 0 fully saturated rings. The first-order valence-electron chi connectivity index (χ1n) is 5.60. The molecular weight excluding hydrogens is 306 g/mol. The van der Waals surface area contributed by atoms with Gasteiger partial charge < -0.3 is 4.98 Å². The smallest absolute Gasteiger partial charge is 0.269 e. The van der Waals surface area contributed by atoms with E-state index in [1.165, 1.54) is 11.3 Å². The molecule has 0 spiro atoms. The predicted octanol–water partition coefficient (Wildman–Crippen LogP) is 3.89. The van der Waals surface area contributed by atoms with Crippen LogP contribution in [0, 0.1) is 18.6 Å². The van der Waals surface area contributed by atoms with Gasteiger partial charge in [0.05, 0.1) is 16.1 Å². The summed E-state index contributed by atoms with van der Waals surface area (Å²) in [5.41, 5.74) is 0.796. The molecule has 0 bridgehead atoms. The molecule has 1 aromatic carbocycles. The molecule has 0 aliphatic rings. The Hall–Kier alpha value is -1.79. The van der Waals surface area contributed by atoms with Crippen molar-refractivity contribution >= 4 is 33.2 Å². The van der Waals surface area contributed by atoms with Gasteiger partial charge in [-0.1, -0.05) is 11.6 Å². The monoisotopic (exact) mass is 312 g/mol. The highest BCUT2D eigenvalue weighted by Crippen LogP contribution is 2.27. The van der Waals surface area contributed by atoms with E-state index in [4.69, 9.17) is 11.6 Å². The molecule has 0 amide bonds. The van der Waals surface area contributed by atoms with Gasteiger partial charge in [-0.05, 0) is 30.0 Å². The Bertz CT molecular complexity index is 888. The van der Waals surface area contributed by atoms with Crippen LogP contribution in [0.5, 0.6) is 0 Å². The quantitative estimate of drug-likeness (QED) is 0.693. The number of hydrogen-bond donors (Lipinski definition) is 1. The topological polar surface area (TPSA) is 45.8 Å². The van der Waals surface area contributed by atoms with Crippen LogP contribution in [-0.4, -0.2) is 9.97 Å². The summed E-state index contributed by atoms with van der Waals surface area (Å²) >= 11 is 6.76. The molecular formula is C13H7ClF2N2OS. The first kappa shape index (κ1) is 13.2. The lowest BCUT2D eigenvalue weighted by molar-refractivity contribution is 0.602. The SMILES string of the molecule is Cc1csc2c(=O)[nH]c(-c3cc(F)c(Cl)cc3F)nc12. The van der Waals surface area contributed by atoms with Gasteiger partial charge >= 0.3 is 0 Å². The molecule has 1 N–H and O–H groups in total. The van der Waals surface area contributed by atoms with Crippen molar-refractivity contribution in [1.29, 1.82) is 0 Å². The molecule has 3 rings (SSSR count). The van der Waals surface area contributed by atoms with Gasteiger partial charge in [0, 0.05) is 0 Å². The summed E-state index contributed by atoms with van der Waals surface area (Å²) in [6.45, 7) is 1.80. The van der Waals surface area contributed by atoms with Crippen molar-refractivity contribution in [1.82, 2.24) is 9.97 Å². The number of hydrogen-bond acceptors (Lipinski definition) is 3. The number of H-pyrrole nitrogens is 1. The van der Waals surface area contributed by atoms with E-state index in [-0.39, 0.29) is 22.0 Å². The van der Waals surface area contributed by atoms with Gasteiger partial charge in [0.1, 0.15) is 22.2 Å². The molecule has 3 nitrogen and oxygen atoms in total. The average molecular weight is 313 g/mol. The maximum Gasteiger partial charge on any atom is 0.269 e. The van der Waals surface area contributed by atoms with E-state index in [0.717, 1.165) is 17.7 Å². The highest BCUT2D eigenvalue weighted by molar-refractivity contribution is 7.17. The Morgan fingerprint density at radius 1 is 1.30 bits per heavy atom. The second-order valence-electron chi connectivity index (χ2n) is 4.26. The number of benzene rings is 1. The van der Waals surface area contributed by atoms with Crippen LogP contribution in [0.4, 0.5) is 8.78 Å². The molecule has 102 valence electrons. The fraction of sp³-hybridized carbons (Fsp3) is 0.0769. The van der Waals surface area contributed by atoms with Crippen LogP contribution in [0.3, 0.4) is 0 Å². The van der Waals surface area contributed by atoms with Crippen LogP contribution in [0.15, 0.2) is 22.3 Å². The summed E-state index contributed by atoms with van der Waals surface area (Å²) in [6, 6.07) is 1.78. The standard InChI is InChI=1S/C13H7ClF2N2OS/c1-5-4-20-11-10(5)17-12(18-13(11)19)6-2-9(16)7(14)3-8(6)15/h2-4H,1H3,(H,17,18,19). The Kier molecular flexibility index (Phi) is 3.07. The van der Waals surface area contributed by atoms with Crippen LogP contribution in [0.2, 0.25) is 5.02 Å². The van der Waals surface area contributed by atoms with Crippen molar-refractivity contribution in [2.24, 2.45) is 0 Å². The van der Waals surface area contributed by atoms with Crippen LogP contribution >= 0.6 is 22.9 Å². The zero-order chi connectivity index (χ0) is 14.4. The Morgan fingerprint density at radius 3 is 2.80 bits per heavy atom. The summed E-state index contributed by atoms with van der Waals surface area (Å²) < 4.78 is 27.8. The first-order valence-corrected chi connectivity index (χ1v) is 6.86. The maximum atomic E-state index is 13.9. The van der Waals surface area contributed by atoms with E-state index in [0.29, 0.717) is 10.2 Å². The van der Waals surface area contributed by atoms with Crippen molar-refractivity contribution < 1.29 is 8.78 Å².